The van der Waals surface area contributed by atoms with Crippen molar-refractivity contribution < 1.29 is 19.2 Å². The number of nitrogens with zero attached hydrogens (tertiary/aromatic N) is 3. The van der Waals surface area contributed by atoms with E-state index in [9.17, 15) is 14.9 Å². The highest BCUT2D eigenvalue weighted by Crippen LogP contribution is 2.31. The van der Waals surface area contributed by atoms with Gasteiger partial charge in [-0.1, -0.05) is 36.0 Å². The molecule has 0 aliphatic carbocycles. The summed E-state index contributed by atoms with van der Waals surface area (Å²) in [5.41, 5.74) is 2.37. The Hall–Kier alpha value is -3.46. The number of benzene rings is 2. The lowest BCUT2D eigenvalue weighted by atomic mass is 10.0. The molecule has 2 aromatic carbocycles. The van der Waals surface area contributed by atoms with Gasteiger partial charge in [0.2, 0.25) is 0 Å². The predicted molar refractivity (Wildman–Crippen MR) is 122 cm³/mol. The molecule has 0 bridgehead atoms. The molecular formula is C23H23N3O5S. The third-order valence-corrected chi connectivity index (χ3v) is 5.39. The highest BCUT2D eigenvalue weighted by molar-refractivity contribution is 7.98. The Labute approximate surface area is 190 Å². The molecule has 0 fully saturated rings. The zero-order valence-corrected chi connectivity index (χ0v) is 19.0. The predicted octanol–water partition coefficient (Wildman–Crippen LogP) is 5.23. The van der Waals surface area contributed by atoms with Crippen molar-refractivity contribution in [2.45, 2.75) is 37.8 Å². The number of hydrogen-bond acceptors (Lipinski definition) is 8. The lowest BCUT2D eigenvalue weighted by Crippen LogP contribution is -2.16. The summed E-state index contributed by atoms with van der Waals surface area (Å²) in [4.78, 5) is 32.6. The number of thioether (sulfide) groups is 1. The third kappa shape index (κ3) is 5.61. The summed E-state index contributed by atoms with van der Waals surface area (Å²) in [6.45, 7) is 5.21. The Morgan fingerprint density at radius 2 is 1.88 bits per heavy atom. The third-order valence-electron chi connectivity index (χ3n) is 4.47. The van der Waals surface area contributed by atoms with Crippen molar-refractivity contribution in [3.8, 4) is 17.0 Å². The minimum absolute atomic E-state index is 0.0885. The minimum atomic E-state index is -0.564. The van der Waals surface area contributed by atoms with E-state index in [0.29, 0.717) is 27.9 Å². The Kier molecular flexibility index (Phi) is 7.42. The number of esters is 1. The summed E-state index contributed by atoms with van der Waals surface area (Å²) in [6, 6.07) is 13.7. The van der Waals surface area contributed by atoms with Gasteiger partial charge in [0.15, 0.2) is 5.16 Å². The second kappa shape index (κ2) is 10.2. The molecule has 3 aromatic rings. The summed E-state index contributed by atoms with van der Waals surface area (Å²) >= 11 is 1.41. The average Bonchev–Trinajstić information content (AvgIpc) is 2.77. The molecule has 0 aliphatic heterocycles. The largest absolute Gasteiger partial charge is 0.497 e. The van der Waals surface area contributed by atoms with Gasteiger partial charge in [0.05, 0.1) is 29.5 Å². The van der Waals surface area contributed by atoms with Gasteiger partial charge in [0.1, 0.15) is 11.3 Å². The van der Waals surface area contributed by atoms with Crippen molar-refractivity contribution in [3.05, 3.63) is 75.5 Å². The fourth-order valence-electron chi connectivity index (χ4n) is 2.97. The first kappa shape index (κ1) is 23.2. The van der Waals surface area contributed by atoms with Crippen LogP contribution in [0, 0.1) is 17.0 Å². The summed E-state index contributed by atoms with van der Waals surface area (Å²) < 4.78 is 10.6. The Morgan fingerprint density at radius 3 is 2.50 bits per heavy atom. The van der Waals surface area contributed by atoms with E-state index in [-0.39, 0.29) is 17.4 Å². The fraction of sp³-hybridized carbons (Fsp3) is 0.261. The first-order valence-corrected chi connectivity index (χ1v) is 10.9. The van der Waals surface area contributed by atoms with Gasteiger partial charge in [0.25, 0.3) is 5.69 Å². The number of rotatable bonds is 8. The van der Waals surface area contributed by atoms with Gasteiger partial charge in [0, 0.05) is 23.4 Å². The van der Waals surface area contributed by atoms with Crippen LogP contribution in [-0.4, -0.2) is 34.1 Å². The van der Waals surface area contributed by atoms with Crippen LogP contribution in [0.1, 0.15) is 35.5 Å². The van der Waals surface area contributed by atoms with Crippen LogP contribution in [0.5, 0.6) is 5.75 Å². The molecule has 1 heterocycles. The van der Waals surface area contributed by atoms with Gasteiger partial charge in [-0.2, -0.15) is 0 Å². The van der Waals surface area contributed by atoms with Gasteiger partial charge in [-0.15, -0.1) is 0 Å². The topological polar surface area (TPSA) is 104 Å². The first-order valence-electron chi connectivity index (χ1n) is 9.88. The number of carbonyl (C=O) groups excluding carboxylic acids is 1. The molecule has 8 nitrogen and oxygen atoms in total. The Balaban J connectivity index is 2.00. The fourth-order valence-corrected chi connectivity index (χ4v) is 3.82. The molecule has 0 spiro atoms. The molecule has 0 saturated carbocycles. The summed E-state index contributed by atoms with van der Waals surface area (Å²) in [6.07, 6.45) is -0.330. The maximum Gasteiger partial charge on any atom is 0.342 e. The molecule has 166 valence electrons. The number of aryl methyl sites for hydroxylation is 1. The van der Waals surface area contributed by atoms with Crippen LogP contribution in [-0.2, 0) is 10.5 Å². The number of aromatic nitrogens is 2. The van der Waals surface area contributed by atoms with E-state index < -0.39 is 10.9 Å². The van der Waals surface area contributed by atoms with Crippen LogP contribution in [0.25, 0.3) is 11.3 Å². The monoisotopic (exact) mass is 453 g/mol. The average molecular weight is 454 g/mol. The molecule has 0 amide bonds. The van der Waals surface area contributed by atoms with E-state index in [2.05, 4.69) is 9.97 Å². The van der Waals surface area contributed by atoms with E-state index in [4.69, 9.17) is 9.47 Å². The molecule has 3 rings (SSSR count). The van der Waals surface area contributed by atoms with E-state index >= 15 is 0 Å². The van der Waals surface area contributed by atoms with Crippen molar-refractivity contribution in [2.75, 3.05) is 7.11 Å². The summed E-state index contributed by atoms with van der Waals surface area (Å²) in [5.74, 6) is 0.811. The maximum atomic E-state index is 12.8. The Bertz CT molecular complexity index is 1130. The standard InChI is InChI=1S/C23H23N3O5S/c1-14(2)31-22(27)20-15(3)24-23(32-13-16-8-10-19(30-4)11-9-16)25-21(20)17-6-5-7-18(12-17)26(28)29/h5-12,14H,13H2,1-4H3. The number of carbonyl (C=O) groups is 1. The quantitative estimate of drug-likeness (QED) is 0.150. The first-order chi connectivity index (χ1) is 15.3. The maximum absolute atomic E-state index is 12.8. The number of methoxy groups -OCH3 is 1. The van der Waals surface area contributed by atoms with Crippen LogP contribution in [0.15, 0.2) is 53.7 Å². The van der Waals surface area contributed by atoms with E-state index in [1.54, 1.807) is 40.0 Å². The van der Waals surface area contributed by atoms with E-state index in [1.165, 1.54) is 23.9 Å². The molecule has 0 radical (unpaired) electrons. The molecule has 0 atom stereocenters. The zero-order valence-electron chi connectivity index (χ0n) is 18.2. The highest BCUT2D eigenvalue weighted by atomic mass is 32.2. The molecule has 32 heavy (non-hydrogen) atoms. The van der Waals surface area contributed by atoms with Crippen LogP contribution in [0.4, 0.5) is 5.69 Å². The lowest BCUT2D eigenvalue weighted by molar-refractivity contribution is -0.384. The van der Waals surface area contributed by atoms with E-state index in [1.807, 2.05) is 24.3 Å². The number of ether oxygens (including phenoxy) is 2. The second-order valence-corrected chi connectivity index (χ2v) is 8.16. The molecule has 0 N–H and O–H groups in total. The van der Waals surface area contributed by atoms with Gasteiger partial charge >= 0.3 is 5.97 Å². The molecule has 0 saturated heterocycles. The molecule has 0 aliphatic rings. The van der Waals surface area contributed by atoms with Crippen molar-refractivity contribution >= 4 is 23.4 Å². The number of non-ortho nitro benzene ring substituents is 1. The smallest absolute Gasteiger partial charge is 0.342 e. The molecular weight excluding hydrogens is 430 g/mol. The van der Waals surface area contributed by atoms with Crippen LogP contribution in [0.2, 0.25) is 0 Å². The lowest BCUT2D eigenvalue weighted by Gasteiger charge is -2.14. The Morgan fingerprint density at radius 1 is 1.16 bits per heavy atom. The van der Waals surface area contributed by atoms with Crippen molar-refractivity contribution in [3.63, 3.8) is 0 Å². The molecule has 1 aromatic heterocycles. The van der Waals surface area contributed by atoms with Crippen molar-refractivity contribution in [1.82, 2.24) is 9.97 Å². The van der Waals surface area contributed by atoms with Crippen molar-refractivity contribution in [1.29, 1.82) is 0 Å². The van der Waals surface area contributed by atoms with Gasteiger partial charge in [-0.25, -0.2) is 14.8 Å². The SMILES string of the molecule is COc1ccc(CSc2nc(C)c(C(=O)OC(C)C)c(-c3cccc([N+](=O)[O-])c3)n2)cc1. The number of hydrogen-bond donors (Lipinski definition) is 0. The van der Waals surface area contributed by atoms with Crippen LogP contribution in [0.3, 0.4) is 0 Å². The van der Waals surface area contributed by atoms with Crippen molar-refractivity contribution in [2.24, 2.45) is 0 Å². The van der Waals surface area contributed by atoms with Crippen LogP contribution < -0.4 is 4.74 Å². The van der Waals surface area contributed by atoms with E-state index in [0.717, 1.165) is 11.3 Å². The zero-order chi connectivity index (χ0) is 23.3. The van der Waals surface area contributed by atoms with Crippen LogP contribution >= 0.6 is 11.8 Å². The molecule has 0 unspecified atom stereocenters. The number of nitro benzene ring substituents is 1. The summed E-state index contributed by atoms with van der Waals surface area (Å²) in [7, 11) is 1.61. The second-order valence-electron chi connectivity index (χ2n) is 7.21. The highest BCUT2D eigenvalue weighted by Gasteiger charge is 2.23. The summed E-state index contributed by atoms with van der Waals surface area (Å²) in [5, 5.41) is 11.7. The minimum Gasteiger partial charge on any atom is -0.497 e. The number of nitro groups is 1. The van der Waals surface area contributed by atoms with Gasteiger partial charge in [-0.05, 0) is 38.5 Å². The normalized spacial score (nSPS) is 10.8. The molecule has 9 heteroatoms. The van der Waals surface area contributed by atoms with Gasteiger partial charge < -0.3 is 9.47 Å². The van der Waals surface area contributed by atoms with Gasteiger partial charge in [-0.3, -0.25) is 10.1 Å².